The summed E-state index contributed by atoms with van der Waals surface area (Å²) in [4.78, 5) is 21.7. The Labute approximate surface area is 186 Å². The molecule has 0 aliphatic carbocycles. The van der Waals surface area contributed by atoms with E-state index in [-0.39, 0.29) is 5.69 Å². The second kappa shape index (κ2) is 7.32. The van der Waals surface area contributed by atoms with Gasteiger partial charge in [-0.3, -0.25) is 9.67 Å². The molecule has 0 saturated heterocycles. The Bertz CT molecular complexity index is 1730. The maximum atomic E-state index is 11.6. The van der Waals surface area contributed by atoms with Crippen LogP contribution in [0.3, 0.4) is 0 Å². The lowest BCUT2D eigenvalue weighted by atomic mass is 10.1. The van der Waals surface area contributed by atoms with Gasteiger partial charge in [0.1, 0.15) is 5.52 Å². The summed E-state index contributed by atoms with van der Waals surface area (Å²) in [5, 5.41) is 18.0. The van der Waals surface area contributed by atoms with E-state index in [1.54, 1.807) is 29.2 Å². The van der Waals surface area contributed by atoms with Gasteiger partial charge in [0, 0.05) is 18.0 Å². The zero-order valence-corrected chi connectivity index (χ0v) is 17.2. The van der Waals surface area contributed by atoms with Crippen LogP contribution in [0.15, 0.2) is 78.0 Å². The van der Waals surface area contributed by atoms with Crippen LogP contribution in [-0.2, 0) is 6.54 Å². The Morgan fingerprint density at radius 1 is 0.939 bits per heavy atom. The van der Waals surface area contributed by atoms with E-state index in [0.717, 1.165) is 39.1 Å². The number of aromatic amines is 2. The summed E-state index contributed by atoms with van der Waals surface area (Å²) in [5.41, 5.74) is 7.14. The molecule has 0 spiro atoms. The van der Waals surface area contributed by atoms with E-state index in [4.69, 9.17) is 5.26 Å². The van der Waals surface area contributed by atoms with Gasteiger partial charge in [0.2, 0.25) is 0 Å². The minimum Gasteiger partial charge on any atom is -0.306 e. The number of pyridine rings is 1. The monoisotopic (exact) mass is 432 g/mol. The first-order valence-corrected chi connectivity index (χ1v) is 10.3. The molecule has 0 bridgehead atoms. The van der Waals surface area contributed by atoms with Crippen LogP contribution in [0.5, 0.6) is 0 Å². The fourth-order valence-corrected chi connectivity index (χ4v) is 3.97. The maximum Gasteiger partial charge on any atom is 0.323 e. The van der Waals surface area contributed by atoms with Gasteiger partial charge in [-0.1, -0.05) is 12.1 Å². The average Bonchev–Trinajstić information content (AvgIpc) is 3.56. The number of hydrogen-bond donors (Lipinski definition) is 2. The highest BCUT2D eigenvalue weighted by atomic mass is 16.1. The van der Waals surface area contributed by atoms with Gasteiger partial charge < -0.3 is 9.97 Å². The molecule has 4 heterocycles. The SMILES string of the molecule is N#Cc1ccc(Cn2nccc2-c2cnc3cnn(-c4ccc5[nH]c(=O)[nH]c5c4)c3c2)cc1. The molecule has 158 valence electrons. The first kappa shape index (κ1) is 18.8. The molecule has 0 aliphatic heterocycles. The highest BCUT2D eigenvalue weighted by Crippen LogP contribution is 2.25. The fraction of sp³-hybridized carbons (Fsp3) is 0.0417. The summed E-state index contributed by atoms with van der Waals surface area (Å²) in [5.74, 6) is 0. The smallest absolute Gasteiger partial charge is 0.306 e. The predicted molar refractivity (Wildman–Crippen MR) is 123 cm³/mol. The molecule has 0 unspecified atom stereocenters. The lowest BCUT2D eigenvalue weighted by Gasteiger charge is -2.09. The number of nitrogens with one attached hydrogen (secondary N) is 2. The molecule has 0 atom stereocenters. The summed E-state index contributed by atoms with van der Waals surface area (Å²) < 4.78 is 3.71. The van der Waals surface area contributed by atoms with Crippen LogP contribution in [0.1, 0.15) is 11.1 Å². The minimum atomic E-state index is -0.244. The summed E-state index contributed by atoms with van der Waals surface area (Å²) in [6, 6.07) is 19.2. The van der Waals surface area contributed by atoms with Crippen molar-refractivity contribution in [3.05, 3.63) is 94.8 Å². The van der Waals surface area contributed by atoms with Crippen molar-refractivity contribution in [3.8, 4) is 23.0 Å². The van der Waals surface area contributed by atoms with Gasteiger partial charge >= 0.3 is 5.69 Å². The van der Waals surface area contributed by atoms with Gasteiger partial charge in [-0.25, -0.2) is 9.48 Å². The quantitative estimate of drug-likeness (QED) is 0.442. The van der Waals surface area contributed by atoms with Gasteiger partial charge in [0.15, 0.2) is 0 Å². The largest absolute Gasteiger partial charge is 0.323 e. The summed E-state index contributed by atoms with van der Waals surface area (Å²) >= 11 is 0. The van der Waals surface area contributed by atoms with Crippen LogP contribution in [0.4, 0.5) is 0 Å². The van der Waals surface area contributed by atoms with Gasteiger partial charge in [-0.15, -0.1) is 0 Å². The van der Waals surface area contributed by atoms with Crippen molar-refractivity contribution in [2.45, 2.75) is 6.54 Å². The third kappa shape index (κ3) is 3.26. The first-order valence-electron chi connectivity index (χ1n) is 10.3. The molecule has 33 heavy (non-hydrogen) atoms. The highest BCUT2D eigenvalue weighted by Gasteiger charge is 2.12. The normalized spacial score (nSPS) is 11.2. The first-order chi connectivity index (χ1) is 16.2. The number of nitriles is 1. The molecular formula is C24H16N8O. The molecule has 9 nitrogen and oxygen atoms in total. The number of hydrogen-bond acceptors (Lipinski definition) is 5. The number of benzene rings is 2. The molecule has 4 aromatic heterocycles. The molecule has 2 aromatic carbocycles. The highest BCUT2D eigenvalue weighted by molar-refractivity contribution is 5.83. The standard InChI is InChI=1S/C24H16N8O/c25-11-15-1-3-16(4-2-15)14-31-22(7-8-27-31)17-9-23-21(26-12-17)13-28-32(23)18-5-6-19-20(10-18)30-24(33)29-19/h1-10,12-13H,14H2,(H2,29,30,33). The third-order valence-corrected chi connectivity index (χ3v) is 5.59. The van der Waals surface area contributed by atoms with E-state index >= 15 is 0 Å². The van der Waals surface area contributed by atoms with E-state index in [0.29, 0.717) is 17.6 Å². The van der Waals surface area contributed by atoms with Crippen molar-refractivity contribution in [2.75, 3.05) is 0 Å². The van der Waals surface area contributed by atoms with Crippen molar-refractivity contribution in [1.29, 1.82) is 5.26 Å². The minimum absolute atomic E-state index is 0.244. The van der Waals surface area contributed by atoms with Crippen molar-refractivity contribution in [1.82, 2.24) is 34.5 Å². The summed E-state index contributed by atoms with van der Waals surface area (Å²) in [7, 11) is 0. The van der Waals surface area contributed by atoms with Crippen LogP contribution in [0.25, 0.3) is 39.0 Å². The Morgan fingerprint density at radius 2 is 1.79 bits per heavy atom. The topological polar surface area (TPSA) is 121 Å². The van der Waals surface area contributed by atoms with Crippen LogP contribution in [-0.4, -0.2) is 34.5 Å². The number of fused-ring (bicyclic) bond motifs is 2. The third-order valence-electron chi connectivity index (χ3n) is 5.59. The second-order valence-electron chi connectivity index (χ2n) is 7.68. The molecular weight excluding hydrogens is 416 g/mol. The van der Waals surface area contributed by atoms with Gasteiger partial charge in [-0.05, 0) is 48.0 Å². The molecule has 0 fully saturated rings. The van der Waals surface area contributed by atoms with Crippen LogP contribution in [0, 0.1) is 11.3 Å². The molecule has 0 amide bonds. The number of imidazole rings is 1. The van der Waals surface area contributed by atoms with Crippen molar-refractivity contribution in [3.63, 3.8) is 0 Å². The van der Waals surface area contributed by atoms with Crippen LogP contribution >= 0.6 is 0 Å². The number of nitrogens with zero attached hydrogens (tertiary/aromatic N) is 6. The molecule has 2 N–H and O–H groups in total. The van der Waals surface area contributed by atoms with Gasteiger partial charge in [0.25, 0.3) is 0 Å². The van der Waals surface area contributed by atoms with Crippen molar-refractivity contribution >= 4 is 22.1 Å². The number of rotatable bonds is 4. The molecule has 0 aliphatic rings. The van der Waals surface area contributed by atoms with Crippen molar-refractivity contribution in [2.24, 2.45) is 0 Å². The summed E-state index contributed by atoms with van der Waals surface area (Å²) in [6.07, 6.45) is 5.29. The second-order valence-corrected chi connectivity index (χ2v) is 7.68. The molecule has 6 aromatic rings. The Hall–Kier alpha value is -4.97. The van der Waals surface area contributed by atoms with E-state index in [9.17, 15) is 4.79 Å². The Morgan fingerprint density at radius 3 is 2.64 bits per heavy atom. The summed E-state index contributed by atoms with van der Waals surface area (Å²) in [6.45, 7) is 0.572. The fourth-order valence-electron chi connectivity index (χ4n) is 3.97. The maximum absolute atomic E-state index is 11.6. The number of H-pyrrole nitrogens is 2. The van der Waals surface area contributed by atoms with Crippen LogP contribution in [0.2, 0.25) is 0 Å². The van der Waals surface area contributed by atoms with Crippen molar-refractivity contribution < 1.29 is 0 Å². The zero-order valence-electron chi connectivity index (χ0n) is 17.2. The lowest BCUT2D eigenvalue weighted by molar-refractivity contribution is 0.694. The van der Waals surface area contributed by atoms with E-state index in [1.165, 1.54) is 0 Å². The van der Waals surface area contributed by atoms with E-state index < -0.39 is 0 Å². The lowest BCUT2D eigenvalue weighted by Crippen LogP contribution is -2.04. The predicted octanol–water partition coefficient (Wildman–Crippen LogP) is 3.37. The van der Waals surface area contributed by atoms with Gasteiger partial charge in [0.05, 0.1) is 52.3 Å². The Balaban J connectivity index is 1.40. The Kier molecular flexibility index (Phi) is 4.16. The average molecular weight is 432 g/mol. The molecule has 6 rings (SSSR count). The molecule has 0 radical (unpaired) electrons. The van der Waals surface area contributed by atoms with E-state index in [1.807, 2.05) is 53.3 Å². The zero-order chi connectivity index (χ0) is 22.4. The molecule has 0 saturated carbocycles. The number of aromatic nitrogens is 7. The molecule has 9 heteroatoms. The van der Waals surface area contributed by atoms with E-state index in [2.05, 4.69) is 31.2 Å². The van der Waals surface area contributed by atoms with Crippen LogP contribution < -0.4 is 5.69 Å². The van der Waals surface area contributed by atoms with Gasteiger partial charge in [-0.2, -0.15) is 15.5 Å².